The van der Waals surface area contributed by atoms with E-state index >= 15 is 0 Å². The number of hydrogen-bond donors (Lipinski definition) is 0. The number of hydrogen-bond acceptors (Lipinski definition) is 5. The summed E-state index contributed by atoms with van der Waals surface area (Å²) in [6, 6.07) is 61.5. The van der Waals surface area contributed by atoms with Crippen molar-refractivity contribution in [2.75, 3.05) is 0 Å². The summed E-state index contributed by atoms with van der Waals surface area (Å²) in [5.74, 6) is 0.676. The number of nitriles is 1. The zero-order valence-electron chi connectivity index (χ0n) is 28.0. The molecule has 0 N–H and O–H groups in total. The van der Waals surface area contributed by atoms with Crippen LogP contribution in [0.2, 0.25) is 0 Å². The maximum atomic E-state index is 9.65. The normalized spacial score (nSPS) is 11.1. The summed E-state index contributed by atoms with van der Waals surface area (Å²) in [6.07, 6.45) is 0. The van der Waals surface area contributed by atoms with E-state index in [1.165, 1.54) is 0 Å². The van der Waals surface area contributed by atoms with Crippen LogP contribution in [0, 0.1) is 11.3 Å². The number of aromatic nitrogens is 4. The van der Waals surface area contributed by atoms with Gasteiger partial charge in [0, 0.05) is 27.8 Å². The number of fused-ring (bicyclic) bond motifs is 2. The molecule has 0 spiro atoms. The third-order valence-corrected chi connectivity index (χ3v) is 9.33. The molecule has 0 saturated carbocycles. The van der Waals surface area contributed by atoms with Gasteiger partial charge in [0.05, 0.1) is 45.4 Å². The standard InChI is InChI=1S/C47H29N5/c48-30-31-12-11-17-36(28-31)45-46(50-42-21-10-9-20-41(42)49-45)40-27-26-37(38-18-7-8-19-39(38)40)32-22-24-35(25-23-32)47-51-43(33-13-3-1-4-14-33)29-44(52-47)34-15-5-2-6-16-34/h1-29H. The molecule has 0 radical (unpaired) electrons. The highest BCUT2D eigenvalue weighted by molar-refractivity contribution is 6.06. The third kappa shape index (κ3) is 5.75. The molecular weight excluding hydrogens is 635 g/mol. The molecular formula is C47H29N5. The van der Waals surface area contributed by atoms with Crippen LogP contribution in [0.4, 0.5) is 0 Å². The molecule has 7 aromatic carbocycles. The van der Waals surface area contributed by atoms with Crippen LogP contribution in [0.15, 0.2) is 176 Å². The average Bonchev–Trinajstić information content (AvgIpc) is 3.23. The molecule has 0 unspecified atom stereocenters. The minimum Gasteiger partial charge on any atom is -0.244 e. The van der Waals surface area contributed by atoms with Gasteiger partial charge in [-0.25, -0.2) is 19.9 Å². The fourth-order valence-electron chi connectivity index (χ4n) is 6.77. The second kappa shape index (κ2) is 13.2. The molecule has 0 fully saturated rings. The molecule has 5 heteroatoms. The summed E-state index contributed by atoms with van der Waals surface area (Å²) in [7, 11) is 0. The highest BCUT2D eigenvalue weighted by Gasteiger charge is 2.18. The van der Waals surface area contributed by atoms with Crippen LogP contribution >= 0.6 is 0 Å². The largest absolute Gasteiger partial charge is 0.244 e. The predicted molar refractivity (Wildman–Crippen MR) is 210 cm³/mol. The molecule has 0 aliphatic carbocycles. The summed E-state index contributed by atoms with van der Waals surface area (Å²) in [5.41, 5.74) is 12.5. The lowest BCUT2D eigenvalue weighted by Gasteiger charge is -2.15. The summed E-state index contributed by atoms with van der Waals surface area (Å²) in [4.78, 5) is 20.3. The first kappa shape index (κ1) is 30.7. The van der Waals surface area contributed by atoms with E-state index in [1.807, 2.05) is 78.9 Å². The van der Waals surface area contributed by atoms with E-state index in [2.05, 4.69) is 97.1 Å². The first-order valence-electron chi connectivity index (χ1n) is 17.1. The quantitative estimate of drug-likeness (QED) is 0.177. The maximum Gasteiger partial charge on any atom is 0.160 e. The summed E-state index contributed by atoms with van der Waals surface area (Å²) >= 11 is 0. The molecule has 0 aliphatic heterocycles. The molecule has 52 heavy (non-hydrogen) atoms. The summed E-state index contributed by atoms with van der Waals surface area (Å²) in [5, 5.41) is 11.8. The minimum atomic E-state index is 0.579. The van der Waals surface area contributed by atoms with E-state index in [-0.39, 0.29) is 0 Å². The van der Waals surface area contributed by atoms with E-state index in [1.54, 1.807) is 6.07 Å². The predicted octanol–water partition coefficient (Wildman–Crippen LogP) is 11.4. The van der Waals surface area contributed by atoms with Crippen LogP contribution in [0.5, 0.6) is 0 Å². The van der Waals surface area contributed by atoms with Crippen LogP contribution < -0.4 is 0 Å². The molecule has 0 aliphatic rings. The van der Waals surface area contributed by atoms with E-state index < -0.39 is 0 Å². The molecule has 0 atom stereocenters. The lowest BCUT2D eigenvalue weighted by molar-refractivity contribution is 1.18. The van der Waals surface area contributed by atoms with Crippen LogP contribution in [0.3, 0.4) is 0 Å². The van der Waals surface area contributed by atoms with Crippen LogP contribution in [-0.4, -0.2) is 19.9 Å². The first-order valence-corrected chi connectivity index (χ1v) is 17.1. The van der Waals surface area contributed by atoms with Gasteiger partial charge < -0.3 is 0 Å². The Balaban J connectivity index is 1.15. The third-order valence-electron chi connectivity index (χ3n) is 9.33. The van der Waals surface area contributed by atoms with Crippen molar-refractivity contribution in [3.8, 4) is 73.6 Å². The highest BCUT2D eigenvalue weighted by Crippen LogP contribution is 2.39. The molecule has 5 nitrogen and oxygen atoms in total. The maximum absolute atomic E-state index is 9.65. The Morgan fingerprint density at radius 3 is 1.52 bits per heavy atom. The smallest absolute Gasteiger partial charge is 0.160 e. The van der Waals surface area contributed by atoms with E-state index in [0.29, 0.717) is 11.4 Å². The number of para-hydroxylation sites is 2. The van der Waals surface area contributed by atoms with Gasteiger partial charge in [-0.15, -0.1) is 0 Å². The monoisotopic (exact) mass is 663 g/mol. The van der Waals surface area contributed by atoms with Gasteiger partial charge in [-0.2, -0.15) is 5.26 Å². The van der Waals surface area contributed by atoms with Crippen molar-refractivity contribution in [1.82, 2.24) is 19.9 Å². The Labute approximate surface area is 301 Å². The van der Waals surface area contributed by atoms with Crippen LogP contribution in [0.1, 0.15) is 5.56 Å². The molecule has 0 saturated heterocycles. The van der Waals surface area contributed by atoms with E-state index in [9.17, 15) is 5.26 Å². The van der Waals surface area contributed by atoms with Crippen molar-refractivity contribution in [3.63, 3.8) is 0 Å². The van der Waals surface area contributed by atoms with Crippen molar-refractivity contribution in [2.45, 2.75) is 0 Å². The lowest BCUT2D eigenvalue weighted by Crippen LogP contribution is -1.97. The minimum absolute atomic E-state index is 0.579. The van der Waals surface area contributed by atoms with E-state index in [0.717, 1.165) is 83.5 Å². The lowest BCUT2D eigenvalue weighted by atomic mass is 9.92. The molecule has 242 valence electrons. The number of benzene rings is 7. The van der Waals surface area contributed by atoms with Gasteiger partial charge in [0.15, 0.2) is 5.82 Å². The molecule has 0 amide bonds. The van der Waals surface area contributed by atoms with Gasteiger partial charge in [0.25, 0.3) is 0 Å². The first-order chi connectivity index (χ1) is 25.7. The second-order valence-corrected chi connectivity index (χ2v) is 12.6. The van der Waals surface area contributed by atoms with Crippen LogP contribution in [0.25, 0.3) is 89.4 Å². The summed E-state index contributed by atoms with van der Waals surface area (Å²) < 4.78 is 0. The van der Waals surface area contributed by atoms with Crippen molar-refractivity contribution in [1.29, 1.82) is 5.26 Å². The molecule has 9 rings (SSSR count). The van der Waals surface area contributed by atoms with Crippen molar-refractivity contribution in [3.05, 3.63) is 181 Å². The van der Waals surface area contributed by atoms with E-state index in [4.69, 9.17) is 19.9 Å². The second-order valence-electron chi connectivity index (χ2n) is 12.6. The van der Waals surface area contributed by atoms with Gasteiger partial charge >= 0.3 is 0 Å². The Bertz CT molecular complexity index is 2730. The molecule has 2 aromatic heterocycles. The zero-order chi connectivity index (χ0) is 34.9. The molecule has 9 aromatic rings. The van der Waals surface area contributed by atoms with Gasteiger partial charge in [0.2, 0.25) is 0 Å². The van der Waals surface area contributed by atoms with Gasteiger partial charge in [-0.1, -0.05) is 146 Å². The topological polar surface area (TPSA) is 75.3 Å². The Morgan fingerprint density at radius 2 is 0.885 bits per heavy atom. The average molecular weight is 664 g/mol. The Kier molecular flexibility index (Phi) is 7.81. The van der Waals surface area contributed by atoms with Gasteiger partial charge in [0.1, 0.15) is 0 Å². The van der Waals surface area contributed by atoms with Gasteiger partial charge in [-0.3, -0.25) is 0 Å². The van der Waals surface area contributed by atoms with Crippen molar-refractivity contribution in [2.24, 2.45) is 0 Å². The van der Waals surface area contributed by atoms with Crippen molar-refractivity contribution < 1.29 is 0 Å². The Morgan fingerprint density at radius 1 is 0.365 bits per heavy atom. The van der Waals surface area contributed by atoms with Gasteiger partial charge in [-0.05, 0) is 52.2 Å². The fourth-order valence-corrected chi connectivity index (χ4v) is 6.77. The fraction of sp³-hybridized carbons (Fsp3) is 0. The zero-order valence-corrected chi connectivity index (χ0v) is 28.0. The number of rotatable bonds is 6. The number of nitrogens with zero attached hydrogens (tertiary/aromatic N) is 5. The SMILES string of the molecule is N#Cc1cccc(-c2nc3ccccc3nc2-c2ccc(-c3ccc(-c4nc(-c5ccccc5)cc(-c5ccccc5)n4)cc3)c3ccccc23)c1. The highest BCUT2D eigenvalue weighted by atomic mass is 14.9. The Hall–Kier alpha value is -7.29. The van der Waals surface area contributed by atoms with Crippen molar-refractivity contribution >= 4 is 21.8 Å². The van der Waals surface area contributed by atoms with Crippen LogP contribution in [-0.2, 0) is 0 Å². The molecule has 2 heterocycles. The molecule has 0 bridgehead atoms. The summed E-state index contributed by atoms with van der Waals surface area (Å²) in [6.45, 7) is 0.